The first-order valence-corrected chi connectivity index (χ1v) is 16.8. The Balaban J connectivity index is 1.70. The van der Waals surface area contributed by atoms with Crippen molar-refractivity contribution < 1.29 is 37.4 Å². The van der Waals surface area contributed by atoms with Crippen molar-refractivity contribution in [3.8, 4) is 0 Å². The second-order valence-electron chi connectivity index (χ2n) is 14.9. The molecule has 11 heteroatoms. The predicted molar refractivity (Wildman–Crippen MR) is 173 cm³/mol. The molecular formula is C36H50F3N3O5. The SMILES string of the molecule is CC(C)C1CCC2(CC1)NC(C1C=CC=C(OC(F)(F)F)C1C)C(=O)N2C(CCC(C)(C)C)c1ccc(C(=O)NCCC(=O)O)cc1. The summed E-state index contributed by atoms with van der Waals surface area (Å²) in [4.78, 5) is 40.3. The highest BCUT2D eigenvalue weighted by molar-refractivity contribution is 5.94. The molecule has 4 unspecified atom stereocenters. The van der Waals surface area contributed by atoms with Crippen molar-refractivity contribution in [2.45, 2.75) is 111 Å². The smallest absolute Gasteiger partial charge is 0.481 e. The summed E-state index contributed by atoms with van der Waals surface area (Å²) >= 11 is 0. The first-order chi connectivity index (χ1) is 21.9. The molecule has 1 aromatic carbocycles. The van der Waals surface area contributed by atoms with E-state index in [2.05, 4.69) is 50.0 Å². The number of halogens is 3. The van der Waals surface area contributed by atoms with Gasteiger partial charge in [-0.05, 0) is 79.5 Å². The third kappa shape index (κ3) is 8.97. The molecule has 1 saturated carbocycles. The molecule has 1 saturated heterocycles. The van der Waals surface area contributed by atoms with Crippen LogP contribution < -0.4 is 10.6 Å². The zero-order valence-electron chi connectivity index (χ0n) is 28.3. The summed E-state index contributed by atoms with van der Waals surface area (Å²) in [6, 6.07) is 6.02. The van der Waals surface area contributed by atoms with E-state index in [0.717, 1.165) is 37.7 Å². The lowest BCUT2D eigenvalue weighted by molar-refractivity contribution is -0.309. The zero-order valence-corrected chi connectivity index (χ0v) is 28.3. The fourth-order valence-corrected chi connectivity index (χ4v) is 7.37. The highest BCUT2D eigenvalue weighted by Gasteiger charge is 2.56. The molecular weight excluding hydrogens is 611 g/mol. The second kappa shape index (κ2) is 14.4. The molecule has 4 rings (SSSR count). The largest absolute Gasteiger partial charge is 0.572 e. The molecule has 2 fully saturated rings. The standard InChI is InChI=1S/C36H50F3N3O5/c1-22(2)24-14-19-35(20-15-24)41-31(27-8-7-9-29(23(27)3)47-36(37,38)39)33(46)42(35)28(16-18-34(4,5)6)25-10-12-26(13-11-25)32(45)40-21-17-30(43)44/h7-13,22-24,27-28,31,41H,14-21H2,1-6H3,(H,40,45)(H,43,44). The molecule has 1 aromatic rings. The third-order valence-electron chi connectivity index (χ3n) is 10.1. The van der Waals surface area contributed by atoms with Crippen molar-refractivity contribution >= 4 is 17.8 Å². The monoisotopic (exact) mass is 661 g/mol. The molecule has 47 heavy (non-hydrogen) atoms. The molecule has 8 nitrogen and oxygen atoms in total. The quantitative estimate of drug-likeness (QED) is 0.229. The molecule has 1 spiro atoms. The highest BCUT2D eigenvalue weighted by atomic mass is 19.4. The van der Waals surface area contributed by atoms with Crippen LogP contribution in [0.2, 0.25) is 0 Å². The molecule has 2 aliphatic carbocycles. The van der Waals surface area contributed by atoms with E-state index in [4.69, 9.17) is 5.11 Å². The van der Waals surface area contributed by atoms with E-state index in [-0.39, 0.29) is 42.0 Å². The fourth-order valence-electron chi connectivity index (χ4n) is 7.37. The number of alkyl halides is 3. The molecule has 0 radical (unpaired) electrons. The van der Waals surface area contributed by atoms with Gasteiger partial charge in [0.15, 0.2) is 0 Å². The number of ether oxygens (including phenoxy) is 1. The Bertz CT molecular complexity index is 1340. The number of nitrogens with one attached hydrogen (secondary N) is 2. The minimum Gasteiger partial charge on any atom is -0.481 e. The number of allylic oxidation sites excluding steroid dienone is 3. The maximum Gasteiger partial charge on any atom is 0.572 e. The van der Waals surface area contributed by atoms with Crippen LogP contribution in [0.3, 0.4) is 0 Å². The Morgan fingerprint density at radius 3 is 2.32 bits per heavy atom. The molecule has 3 N–H and O–H groups in total. The van der Waals surface area contributed by atoms with Crippen LogP contribution in [0.1, 0.15) is 108 Å². The van der Waals surface area contributed by atoms with Gasteiger partial charge in [-0.25, -0.2) is 0 Å². The van der Waals surface area contributed by atoms with Crippen LogP contribution in [0, 0.1) is 29.1 Å². The van der Waals surface area contributed by atoms with Gasteiger partial charge in [0, 0.05) is 23.9 Å². The van der Waals surface area contributed by atoms with Gasteiger partial charge in [0.2, 0.25) is 5.91 Å². The molecule has 2 amide bonds. The number of hydrogen-bond donors (Lipinski definition) is 3. The van der Waals surface area contributed by atoms with E-state index in [9.17, 15) is 27.6 Å². The van der Waals surface area contributed by atoms with E-state index in [1.54, 1.807) is 25.1 Å². The lowest BCUT2D eigenvalue weighted by Gasteiger charge is -2.48. The van der Waals surface area contributed by atoms with Gasteiger partial charge < -0.3 is 20.1 Å². The van der Waals surface area contributed by atoms with Gasteiger partial charge in [0.05, 0.1) is 24.2 Å². The van der Waals surface area contributed by atoms with Crippen molar-refractivity contribution in [1.29, 1.82) is 0 Å². The van der Waals surface area contributed by atoms with Crippen molar-refractivity contribution in [2.75, 3.05) is 6.54 Å². The zero-order chi connectivity index (χ0) is 34.7. The summed E-state index contributed by atoms with van der Waals surface area (Å²) in [5.74, 6) is -1.96. The summed E-state index contributed by atoms with van der Waals surface area (Å²) in [5, 5.41) is 15.2. The third-order valence-corrected chi connectivity index (χ3v) is 10.1. The van der Waals surface area contributed by atoms with Crippen LogP contribution in [0.15, 0.2) is 48.3 Å². The molecule has 260 valence electrons. The number of amides is 2. The maximum atomic E-state index is 14.8. The van der Waals surface area contributed by atoms with E-state index >= 15 is 0 Å². The maximum absolute atomic E-state index is 14.8. The Kier molecular flexibility index (Phi) is 11.2. The van der Waals surface area contributed by atoms with Crippen LogP contribution in [0.5, 0.6) is 0 Å². The number of benzene rings is 1. The summed E-state index contributed by atoms with van der Waals surface area (Å²) in [5.41, 5.74) is 0.540. The average molecular weight is 662 g/mol. The van der Waals surface area contributed by atoms with Gasteiger partial charge in [0.1, 0.15) is 5.76 Å². The van der Waals surface area contributed by atoms with Crippen molar-refractivity contribution in [3.63, 3.8) is 0 Å². The van der Waals surface area contributed by atoms with E-state index in [0.29, 0.717) is 23.8 Å². The number of carbonyl (C=O) groups excluding carboxylic acids is 2. The normalized spacial score (nSPS) is 27.2. The van der Waals surface area contributed by atoms with E-state index in [1.807, 2.05) is 23.1 Å². The van der Waals surface area contributed by atoms with Crippen LogP contribution >= 0.6 is 0 Å². The summed E-state index contributed by atoms with van der Waals surface area (Å²) < 4.78 is 44.2. The van der Waals surface area contributed by atoms with E-state index in [1.165, 1.54) is 6.08 Å². The summed E-state index contributed by atoms with van der Waals surface area (Å²) in [6.07, 6.45) is 4.40. The number of hydrogen-bond acceptors (Lipinski definition) is 5. The molecule has 0 aromatic heterocycles. The first-order valence-electron chi connectivity index (χ1n) is 16.8. The Hall–Kier alpha value is -3.34. The molecule has 1 heterocycles. The number of carboxylic acids is 1. The van der Waals surface area contributed by atoms with Crippen molar-refractivity contribution in [3.05, 3.63) is 59.4 Å². The number of carboxylic acid groups (broad SMARTS) is 1. The molecule has 3 aliphatic rings. The average Bonchev–Trinajstić information content (AvgIpc) is 3.24. The van der Waals surface area contributed by atoms with Gasteiger partial charge in [0.25, 0.3) is 5.91 Å². The van der Waals surface area contributed by atoms with Crippen LogP contribution in [-0.2, 0) is 14.3 Å². The Labute approximate surface area is 276 Å². The van der Waals surface area contributed by atoms with Crippen LogP contribution in [0.4, 0.5) is 13.2 Å². The van der Waals surface area contributed by atoms with Gasteiger partial charge in [-0.2, -0.15) is 0 Å². The number of nitrogens with zero attached hydrogens (tertiary/aromatic N) is 1. The minimum absolute atomic E-state index is 0.0122. The summed E-state index contributed by atoms with van der Waals surface area (Å²) in [6.45, 7) is 12.5. The Morgan fingerprint density at radius 2 is 1.77 bits per heavy atom. The van der Waals surface area contributed by atoms with Crippen molar-refractivity contribution in [2.24, 2.45) is 29.1 Å². The second-order valence-corrected chi connectivity index (χ2v) is 14.9. The van der Waals surface area contributed by atoms with Gasteiger partial charge >= 0.3 is 12.3 Å². The van der Waals surface area contributed by atoms with Crippen LogP contribution in [-0.4, -0.2) is 52.4 Å². The molecule has 0 bridgehead atoms. The van der Waals surface area contributed by atoms with Gasteiger partial charge in [-0.1, -0.05) is 65.8 Å². The summed E-state index contributed by atoms with van der Waals surface area (Å²) in [7, 11) is 0. The van der Waals surface area contributed by atoms with Crippen molar-refractivity contribution in [1.82, 2.24) is 15.5 Å². The number of carbonyl (C=O) groups is 3. The molecule has 1 aliphatic heterocycles. The van der Waals surface area contributed by atoms with Crippen LogP contribution in [0.25, 0.3) is 0 Å². The Morgan fingerprint density at radius 1 is 1.13 bits per heavy atom. The predicted octanol–water partition coefficient (Wildman–Crippen LogP) is 7.34. The number of aliphatic carboxylic acids is 1. The molecule has 4 atom stereocenters. The van der Waals surface area contributed by atoms with Gasteiger partial charge in [-0.3, -0.25) is 19.7 Å². The van der Waals surface area contributed by atoms with Gasteiger partial charge in [-0.15, -0.1) is 13.2 Å². The lowest BCUT2D eigenvalue weighted by atomic mass is 9.75. The minimum atomic E-state index is -4.83. The topological polar surface area (TPSA) is 108 Å². The first kappa shape index (κ1) is 36.5. The lowest BCUT2D eigenvalue weighted by Crippen LogP contribution is -2.56. The fraction of sp³-hybridized carbons (Fsp3) is 0.639. The van der Waals surface area contributed by atoms with E-state index < -0.39 is 35.9 Å². The number of rotatable bonds is 11. The highest BCUT2D eigenvalue weighted by Crippen LogP contribution is 2.48.